The summed E-state index contributed by atoms with van der Waals surface area (Å²) in [4.78, 5) is 34.9. The van der Waals surface area contributed by atoms with Gasteiger partial charge in [0, 0.05) is 0 Å². The number of anilines is 2. The zero-order chi connectivity index (χ0) is 22.5. The highest BCUT2D eigenvalue weighted by Gasteiger charge is 2.60. The van der Waals surface area contributed by atoms with Crippen LogP contribution in [-0.4, -0.2) is 17.9 Å². The molecule has 0 spiro atoms. The molecule has 2 fully saturated rings. The van der Waals surface area contributed by atoms with Crippen LogP contribution in [0.3, 0.4) is 0 Å². The molecule has 4 aromatic carbocycles. The van der Waals surface area contributed by atoms with Crippen molar-refractivity contribution in [2.45, 2.75) is 19.1 Å². The molecule has 0 aromatic heterocycles. The number of hydrogen-bond donors (Lipinski definition) is 0. The minimum atomic E-state index is -0.867. The first-order chi connectivity index (χ1) is 16.1. The Hall–Kier alpha value is -3.96. The molecular weight excluding hydrogens is 412 g/mol. The summed E-state index contributed by atoms with van der Waals surface area (Å²) >= 11 is 0. The van der Waals surface area contributed by atoms with Gasteiger partial charge in [0.15, 0.2) is 6.10 Å². The van der Waals surface area contributed by atoms with Gasteiger partial charge < -0.3 is 0 Å². The molecule has 2 aliphatic heterocycles. The highest BCUT2D eigenvalue weighted by Crippen LogP contribution is 2.48. The number of fused-ring (bicyclic) bond motifs is 2. The van der Waals surface area contributed by atoms with Crippen LogP contribution >= 0.6 is 0 Å². The van der Waals surface area contributed by atoms with Crippen LogP contribution < -0.4 is 9.96 Å². The molecule has 0 N–H and O–H groups in total. The van der Waals surface area contributed by atoms with E-state index in [2.05, 4.69) is 0 Å². The van der Waals surface area contributed by atoms with E-state index in [0.717, 1.165) is 27.6 Å². The molecule has 0 bridgehead atoms. The number of rotatable bonds is 3. The third-order valence-electron chi connectivity index (χ3n) is 6.62. The topological polar surface area (TPSA) is 49.9 Å². The van der Waals surface area contributed by atoms with Crippen molar-refractivity contribution in [3.8, 4) is 0 Å². The van der Waals surface area contributed by atoms with Gasteiger partial charge in [-0.2, -0.15) is 0 Å². The van der Waals surface area contributed by atoms with E-state index >= 15 is 0 Å². The first-order valence-electron chi connectivity index (χ1n) is 11.1. The van der Waals surface area contributed by atoms with Crippen molar-refractivity contribution in [1.29, 1.82) is 0 Å². The van der Waals surface area contributed by atoms with Gasteiger partial charge in [-0.15, -0.1) is 0 Å². The summed E-state index contributed by atoms with van der Waals surface area (Å²) in [6.45, 7) is 2.02. The largest absolute Gasteiger partial charge is 0.273 e. The van der Waals surface area contributed by atoms with Crippen LogP contribution in [0, 0.1) is 12.8 Å². The van der Waals surface area contributed by atoms with E-state index in [0.29, 0.717) is 5.69 Å². The third-order valence-corrected chi connectivity index (χ3v) is 6.62. The Kier molecular flexibility index (Phi) is 4.52. The highest BCUT2D eigenvalue weighted by atomic mass is 16.7. The van der Waals surface area contributed by atoms with Crippen LogP contribution in [0.15, 0.2) is 97.1 Å². The Labute approximate surface area is 191 Å². The molecule has 0 aliphatic carbocycles. The van der Waals surface area contributed by atoms with Crippen molar-refractivity contribution < 1.29 is 14.4 Å². The monoisotopic (exact) mass is 434 g/mol. The molecule has 2 amide bonds. The lowest BCUT2D eigenvalue weighted by Crippen LogP contribution is -2.37. The predicted molar refractivity (Wildman–Crippen MR) is 128 cm³/mol. The van der Waals surface area contributed by atoms with Crippen molar-refractivity contribution in [2.24, 2.45) is 5.92 Å². The number of para-hydroxylation sites is 1. The normalized spacial score (nSPS) is 22.3. The maximum Gasteiger partial charge on any atom is 0.266 e. The lowest BCUT2D eigenvalue weighted by Gasteiger charge is -2.29. The van der Waals surface area contributed by atoms with Gasteiger partial charge in [-0.25, -0.2) is 9.96 Å². The summed E-state index contributed by atoms with van der Waals surface area (Å²) in [5.74, 6) is -1.19. The number of imide groups is 1. The van der Waals surface area contributed by atoms with Gasteiger partial charge in [-0.05, 0) is 53.1 Å². The smallest absolute Gasteiger partial charge is 0.266 e. The molecule has 6 rings (SSSR count). The van der Waals surface area contributed by atoms with Gasteiger partial charge in [0.2, 0.25) is 5.91 Å². The summed E-state index contributed by atoms with van der Waals surface area (Å²) < 4.78 is 0. The lowest BCUT2D eigenvalue weighted by atomic mass is 9.88. The molecule has 0 unspecified atom stereocenters. The highest BCUT2D eigenvalue weighted by molar-refractivity contribution is 6.24. The number of hydrogen-bond acceptors (Lipinski definition) is 4. The van der Waals surface area contributed by atoms with Gasteiger partial charge >= 0.3 is 0 Å². The molecular formula is C28H22N2O3. The standard InChI is InChI=1S/C28H22N2O3/c1-18-9-5-8-14-23(18)25-24-26(33-30(25)21-12-3-2-4-13-21)28(32)29(27(24)31)22-16-15-19-10-6-7-11-20(19)17-22/h2-17,24-26H,1H3/t24-,25+,26-/m0/s1. The van der Waals surface area contributed by atoms with Crippen LogP contribution in [0.2, 0.25) is 0 Å². The number of nitrogens with zero attached hydrogens (tertiary/aromatic N) is 2. The number of hydroxylamine groups is 1. The molecule has 33 heavy (non-hydrogen) atoms. The average molecular weight is 434 g/mol. The first kappa shape index (κ1) is 19.7. The van der Waals surface area contributed by atoms with Crippen molar-refractivity contribution in [3.63, 3.8) is 0 Å². The van der Waals surface area contributed by atoms with Crippen LogP contribution in [0.5, 0.6) is 0 Å². The van der Waals surface area contributed by atoms with Crippen LogP contribution in [0.4, 0.5) is 11.4 Å². The second kappa shape index (κ2) is 7.57. The zero-order valence-electron chi connectivity index (χ0n) is 18.1. The van der Waals surface area contributed by atoms with Gasteiger partial charge in [0.1, 0.15) is 5.92 Å². The quantitative estimate of drug-likeness (QED) is 0.416. The number of carbonyl (C=O) groups is 2. The Bertz CT molecular complexity index is 1380. The van der Waals surface area contributed by atoms with Crippen LogP contribution in [0.1, 0.15) is 17.2 Å². The van der Waals surface area contributed by atoms with Crippen LogP contribution in [0.25, 0.3) is 10.8 Å². The van der Waals surface area contributed by atoms with Crippen molar-refractivity contribution in [3.05, 3.63) is 108 Å². The third kappa shape index (κ3) is 3.04. The molecule has 5 nitrogen and oxygen atoms in total. The maximum absolute atomic E-state index is 13.8. The Morgan fingerprint density at radius 1 is 0.697 bits per heavy atom. The molecule has 2 saturated heterocycles. The van der Waals surface area contributed by atoms with Crippen molar-refractivity contribution in [1.82, 2.24) is 0 Å². The van der Waals surface area contributed by atoms with E-state index in [4.69, 9.17) is 4.84 Å². The van der Waals surface area contributed by atoms with E-state index in [1.165, 1.54) is 4.90 Å². The SMILES string of the molecule is Cc1ccccc1[C@@H]1[C@@H]2C(=O)N(c3ccc4ccccc4c3)C(=O)[C@H]2ON1c1ccccc1. The van der Waals surface area contributed by atoms with E-state index in [9.17, 15) is 9.59 Å². The van der Waals surface area contributed by atoms with Gasteiger partial charge in [0.25, 0.3) is 5.91 Å². The lowest BCUT2D eigenvalue weighted by molar-refractivity contribution is -0.126. The molecule has 5 heteroatoms. The average Bonchev–Trinajstić information content (AvgIpc) is 3.35. The molecule has 3 atom stereocenters. The predicted octanol–water partition coefficient (Wildman–Crippen LogP) is 5.20. The molecule has 4 aromatic rings. The fraction of sp³-hybridized carbons (Fsp3) is 0.143. The summed E-state index contributed by atoms with van der Waals surface area (Å²) in [5, 5.41) is 3.78. The van der Waals surface area contributed by atoms with Crippen LogP contribution in [-0.2, 0) is 14.4 Å². The second-order valence-electron chi connectivity index (χ2n) is 8.56. The molecule has 0 radical (unpaired) electrons. The van der Waals surface area contributed by atoms with Gasteiger partial charge in [0.05, 0.1) is 17.4 Å². The Balaban J connectivity index is 1.45. The van der Waals surface area contributed by atoms with Crippen molar-refractivity contribution in [2.75, 3.05) is 9.96 Å². The van der Waals surface area contributed by atoms with E-state index in [1.807, 2.05) is 104 Å². The second-order valence-corrected chi connectivity index (χ2v) is 8.56. The fourth-order valence-corrected chi connectivity index (χ4v) is 5.02. The number of amides is 2. The Morgan fingerprint density at radius 3 is 2.18 bits per heavy atom. The summed E-state index contributed by atoms with van der Waals surface area (Å²) in [6, 6.07) is 30.8. The summed E-state index contributed by atoms with van der Waals surface area (Å²) in [5.41, 5.74) is 3.43. The maximum atomic E-state index is 13.8. The number of aryl methyl sites for hydroxylation is 1. The number of carbonyl (C=O) groups excluding carboxylic acids is 2. The van der Waals surface area contributed by atoms with E-state index in [1.54, 1.807) is 5.06 Å². The minimum Gasteiger partial charge on any atom is -0.273 e. The Morgan fingerprint density at radius 2 is 1.39 bits per heavy atom. The fourth-order valence-electron chi connectivity index (χ4n) is 5.02. The minimum absolute atomic E-state index is 0.230. The van der Waals surface area contributed by atoms with E-state index in [-0.39, 0.29) is 11.8 Å². The molecule has 162 valence electrons. The summed E-state index contributed by atoms with van der Waals surface area (Å²) in [6.07, 6.45) is -0.867. The zero-order valence-corrected chi connectivity index (χ0v) is 18.1. The molecule has 0 saturated carbocycles. The van der Waals surface area contributed by atoms with E-state index < -0.39 is 18.1 Å². The van der Waals surface area contributed by atoms with Gasteiger partial charge in [-0.3, -0.25) is 14.4 Å². The first-order valence-corrected chi connectivity index (χ1v) is 11.1. The molecule has 2 aliphatic rings. The molecule has 2 heterocycles. The summed E-state index contributed by atoms with van der Waals surface area (Å²) in [7, 11) is 0. The van der Waals surface area contributed by atoms with Crippen molar-refractivity contribution >= 4 is 34.0 Å². The number of benzene rings is 4. The van der Waals surface area contributed by atoms with Gasteiger partial charge in [-0.1, -0.05) is 72.8 Å².